The maximum Gasteiger partial charge on any atom is 0.319 e. The maximum absolute atomic E-state index is 12.2. The topological polar surface area (TPSA) is 188 Å². The van der Waals surface area contributed by atoms with Crippen molar-refractivity contribution in [3.8, 4) is 6.07 Å². The SMILES string of the molecule is N#Cc1cccc(NC(=O)N[C@@H](CC(N)=O)[C@@H]2NC([C@H](N)CO)=NO2)c1. The average molecular weight is 361 g/mol. The Bertz CT molecular complexity index is 746. The molecule has 11 heteroatoms. The van der Waals surface area contributed by atoms with Gasteiger partial charge in [-0.3, -0.25) is 4.79 Å². The van der Waals surface area contributed by atoms with Gasteiger partial charge in [0.25, 0.3) is 0 Å². The van der Waals surface area contributed by atoms with Crippen molar-refractivity contribution in [3.05, 3.63) is 29.8 Å². The number of amides is 3. The lowest BCUT2D eigenvalue weighted by Crippen LogP contribution is -2.54. The number of primary amides is 1. The van der Waals surface area contributed by atoms with Gasteiger partial charge in [0.15, 0.2) is 5.84 Å². The molecule has 0 aliphatic carbocycles. The summed E-state index contributed by atoms with van der Waals surface area (Å²) in [5.74, 6) is -0.469. The van der Waals surface area contributed by atoms with Crippen molar-refractivity contribution in [2.24, 2.45) is 16.6 Å². The lowest BCUT2D eigenvalue weighted by Gasteiger charge is -2.23. The van der Waals surface area contributed by atoms with Gasteiger partial charge in [0.05, 0.1) is 36.7 Å². The van der Waals surface area contributed by atoms with Crippen LogP contribution in [0.5, 0.6) is 0 Å². The van der Waals surface area contributed by atoms with E-state index in [1.807, 2.05) is 6.07 Å². The van der Waals surface area contributed by atoms with Crippen molar-refractivity contribution in [3.63, 3.8) is 0 Å². The van der Waals surface area contributed by atoms with Gasteiger partial charge in [0.2, 0.25) is 12.1 Å². The molecule has 0 saturated heterocycles. The van der Waals surface area contributed by atoms with E-state index in [-0.39, 0.29) is 18.9 Å². The molecule has 26 heavy (non-hydrogen) atoms. The van der Waals surface area contributed by atoms with Crippen molar-refractivity contribution >= 4 is 23.5 Å². The van der Waals surface area contributed by atoms with Crippen LogP contribution in [0.3, 0.4) is 0 Å². The Balaban J connectivity index is 2.00. The molecule has 1 aromatic rings. The number of urea groups is 1. The molecule has 0 spiro atoms. The van der Waals surface area contributed by atoms with Gasteiger partial charge in [-0.15, -0.1) is 0 Å². The van der Waals surface area contributed by atoms with Crippen LogP contribution in [0.2, 0.25) is 0 Å². The zero-order valence-electron chi connectivity index (χ0n) is 13.7. The van der Waals surface area contributed by atoms with E-state index in [9.17, 15) is 9.59 Å². The first kappa shape index (κ1) is 19.0. The molecule has 0 unspecified atom stereocenters. The Hall–Kier alpha value is -3.36. The Kier molecular flexibility index (Phi) is 6.31. The molecule has 1 heterocycles. The van der Waals surface area contributed by atoms with Gasteiger partial charge in [0.1, 0.15) is 0 Å². The average Bonchev–Trinajstić information content (AvgIpc) is 3.10. The number of anilines is 1. The molecule has 1 aliphatic heterocycles. The summed E-state index contributed by atoms with van der Waals surface area (Å²) < 4.78 is 0. The Morgan fingerprint density at radius 2 is 2.27 bits per heavy atom. The van der Waals surface area contributed by atoms with E-state index in [4.69, 9.17) is 26.7 Å². The van der Waals surface area contributed by atoms with Crippen LogP contribution in [0.15, 0.2) is 29.4 Å². The predicted molar refractivity (Wildman–Crippen MR) is 91.4 cm³/mol. The number of carbonyl (C=O) groups is 2. The highest BCUT2D eigenvalue weighted by Gasteiger charge is 2.33. The van der Waals surface area contributed by atoms with Crippen LogP contribution >= 0.6 is 0 Å². The fourth-order valence-electron chi connectivity index (χ4n) is 2.20. The second-order valence-corrected chi connectivity index (χ2v) is 5.50. The molecule has 2 rings (SSSR count). The first-order chi connectivity index (χ1) is 12.4. The number of aliphatic hydroxyl groups is 1. The number of carbonyl (C=O) groups excluding carboxylic acids is 2. The maximum atomic E-state index is 12.2. The Labute approximate surface area is 149 Å². The lowest BCUT2D eigenvalue weighted by molar-refractivity contribution is -0.119. The fraction of sp³-hybridized carbons (Fsp3) is 0.333. The van der Waals surface area contributed by atoms with Crippen LogP contribution in [-0.4, -0.2) is 47.8 Å². The monoisotopic (exact) mass is 361 g/mol. The molecule has 0 aromatic heterocycles. The lowest BCUT2D eigenvalue weighted by atomic mass is 10.1. The smallest absolute Gasteiger partial charge is 0.319 e. The van der Waals surface area contributed by atoms with E-state index < -0.39 is 30.2 Å². The second kappa shape index (κ2) is 8.65. The van der Waals surface area contributed by atoms with E-state index in [1.165, 1.54) is 6.07 Å². The van der Waals surface area contributed by atoms with Gasteiger partial charge in [-0.1, -0.05) is 11.2 Å². The summed E-state index contributed by atoms with van der Waals surface area (Å²) >= 11 is 0. The van der Waals surface area contributed by atoms with Gasteiger partial charge < -0.3 is 37.4 Å². The van der Waals surface area contributed by atoms with Crippen LogP contribution in [0.25, 0.3) is 0 Å². The summed E-state index contributed by atoms with van der Waals surface area (Å²) in [6.45, 7) is -0.356. The van der Waals surface area contributed by atoms with E-state index in [2.05, 4.69) is 21.1 Å². The first-order valence-corrected chi connectivity index (χ1v) is 7.65. The molecule has 3 atom stereocenters. The molecule has 0 bridgehead atoms. The van der Waals surface area contributed by atoms with Gasteiger partial charge >= 0.3 is 6.03 Å². The second-order valence-electron chi connectivity index (χ2n) is 5.50. The standard InChI is InChI=1S/C15H19N7O4/c16-6-8-2-1-3-9(4-8)19-15(25)20-11(5-12(18)24)14-21-13(22-26-14)10(17)7-23/h1-4,10-11,14,23H,5,7,17H2,(H2,18,24)(H,21,22)(H2,19,20,25)/t10-,11+,14-/m1/s1. The highest BCUT2D eigenvalue weighted by molar-refractivity contribution is 5.91. The molecule has 138 valence electrons. The van der Waals surface area contributed by atoms with Crippen LogP contribution in [0.4, 0.5) is 10.5 Å². The third-order valence-corrected chi connectivity index (χ3v) is 3.46. The van der Waals surface area contributed by atoms with E-state index in [1.54, 1.807) is 18.2 Å². The predicted octanol–water partition coefficient (Wildman–Crippen LogP) is -1.50. The largest absolute Gasteiger partial charge is 0.394 e. The number of hydrogen-bond acceptors (Lipinski definition) is 8. The third-order valence-electron chi connectivity index (χ3n) is 3.46. The fourth-order valence-corrected chi connectivity index (χ4v) is 2.20. The zero-order valence-corrected chi connectivity index (χ0v) is 13.7. The number of oxime groups is 1. The number of nitriles is 1. The van der Waals surface area contributed by atoms with Gasteiger partial charge in [-0.25, -0.2) is 4.79 Å². The summed E-state index contributed by atoms with van der Waals surface area (Å²) in [4.78, 5) is 28.6. The number of benzene rings is 1. The molecule has 1 aromatic carbocycles. The van der Waals surface area contributed by atoms with Crippen LogP contribution < -0.4 is 27.4 Å². The molecule has 0 radical (unpaired) electrons. The molecule has 11 nitrogen and oxygen atoms in total. The Morgan fingerprint density at radius 3 is 2.92 bits per heavy atom. The summed E-state index contributed by atoms with van der Waals surface area (Å²) in [6.07, 6.45) is -1.10. The number of rotatable bonds is 7. The number of hydrogen-bond donors (Lipinski definition) is 6. The van der Waals surface area contributed by atoms with E-state index in [0.29, 0.717) is 11.3 Å². The van der Waals surface area contributed by atoms with Gasteiger partial charge in [0, 0.05) is 5.69 Å². The third kappa shape index (κ3) is 5.07. The van der Waals surface area contributed by atoms with E-state index in [0.717, 1.165) is 0 Å². The highest BCUT2D eigenvalue weighted by atomic mass is 16.7. The quantitative estimate of drug-likeness (QED) is 0.341. The number of amidine groups is 1. The van der Waals surface area contributed by atoms with Crippen molar-refractivity contribution < 1.29 is 19.5 Å². The number of aliphatic hydroxyl groups excluding tert-OH is 1. The van der Waals surface area contributed by atoms with Crippen LogP contribution in [0, 0.1) is 11.3 Å². The van der Waals surface area contributed by atoms with E-state index >= 15 is 0 Å². The van der Waals surface area contributed by atoms with Crippen molar-refractivity contribution in [2.75, 3.05) is 11.9 Å². The summed E-state index contributed by atoms with van der Waals surface area (Å²) in [5.41, 5.74) is 11.6. The normalized spacial score (nSPS) is 17.7. The minimum absolute atomic E-state index is 0.191. The molecule has 0 saturated carbocycles. The minimum Gasteiger partial charge on any atom is -0.394 e. The number of nitrogens with one attached hydrogen (secondary N) is 3. The number of nitrogens with zero attached hydrogens (tertiary/aromatic N) is 2. The zero-order chi connectivity index (χ0) is 19.1. The van der Waals surface area contributed by atoms with Crippen LogP contribution in [-0.2, 0) is 9.63 Å². The molecule has 8 N–H and O–H groups in total. The molecular formula is C15H19N7O4. The molecular weight excluding hydrogens is 342 g/mol. The molecule has 0 fully saturated rings. The molecule has 3 amide bonds. The van der Waals surface area contributed by atoms with Crippen molar-refractivity contribution in [1.29, 1.82) is 5.26 Å². The first-order valence-electron chi connectivity index (χ1n) is 7.65. The number of nitrogens with two attached hydrogens (primary N) is 2. The van der Waals surface area contributed by atoms with Crippen LogP contribution in [0.1, 0.15) is 12.0 Å². The summed E-state index contributed by atoms with van der Waals surface area (Å²) in [6, 6.07) is 6.02. The van der Waals surface area contributed by atoms with Crippen molar-refractivity contribution in [2.45, 2.75) is 24.7 Å². The minimum atomic E-state index is -0.883. The van der Waals surface area contributed by atoms with Gasteiger partial charge in [-0.05, 0) is 18.2 Å². The van der Waals surface area contributed by atoms with Gasteiger partial charge in [-0.2, -0.15) is 5.26 Å². The molecule has 1 aliphatic rings. The summed E-state index contributed by atoms with van der Waals surface area (Å²) in [5, 5.41) is 29.5. The Morgan fingerprint density at radius 1 is 1.50 bits per heavy atom. The highest BCUT2D eigenvalue weighted by Crippen LogP contribution is 2.12. The summed E-state index contributed by atoms with van der Waals surface area (Å²) in [7, 11) is 0. The van der Waals surface area contributed by atoms with Crippen molar-refractivity contribution in [1.82, 2.24) is 10.6 Å².